The summed E-state index contributed by atoms with van der Waals surface area (Å²) in [6.45, 7) is 1.52. The molecule has 3 nitrogen and oxygen atoms in total. The number of Topliss-reactive ketones (excluding diaryl/α,β-unsaturated/α-hetero) is 1. The lowest BCUT2D eigenvalue weighted by atomic mass is 9.95. The maximum Gasteiger partial charge on any atom is 0.256 e. The SMILES string of the molecule is CC(=O)c1cccc(NC(=O)c2csc3c2CCCC3)c1. The van der Waals surface area contributed by atoms with Crippen molar-refractivity contribution in [2.45, 2.75) is 32.6 Å². The molecule has 0 aliphatic heterocycles. The molecule has 0 spiro atoms. The standard InChI is InChI=1S/C17H17NO2S/c1-11(19)12-5-4-6-13(9-12)18-17(20)15-10-21-16-8-3-2-7-14(15)16/h4-6,9-10H,2-3,7-8H2,1H3,(H,18,20). The van der Waals surface area contributed by atoms with E-state index in [0.717, 1.165) is 24.8 Å². The Morgan fingerprint density at radius 2 is 2.00 bits per heavy atom. The number of aryl methyl sites for hydroxylation is 1. The summed E-state index contributed by atoms with van der Waals surface area (Å²) in [6, 6.07) is 7.07. The number of rotatable bonds is 3. The molecule has 0 fully saturated rings. The van der Waals surface area contributed by atoms with Gasteiger partial charge in [0.15, 0.2) is 5.78 Å². The van der Waals surface area contributed by atoms with Crippen LogP contribution in [0.1, 0.15) is 50.9 Å². The van der Waals surface area contributed by atoms with Crippen LogP contribution in [0.25, 0.3) is 0 Å². The summed E-state index contributed by atoms with van der Waals surface area (Å²) in [7, 11) is 0. The van der Waals surface area contributed by atoms with E-state index in [1.165, 1.54) is 23.8 Å². The highest BCUT2D eigenvalue weighted by Crippen LogP contribution is 2.30. The van der Waals surface area contributed by atoms with Crippen molar-refractivity contribution in [2.75, 3.05) is 5.32 Å². The Kier molecular flexibility index (Phi) is 3.88. The molecule has 0 bridgehead atoms. The van der Waals surface area contributed by atoms with Gasteiger partial charge in [-0.25, -0.2) is 0 Å². The quantitative estimate of drug-likeness (QED) is 0.868. The molecule has 1 heterocycles. The first-order chi connectivity index (χ1) is 10.1. The highest BCUT2D eigenvalue weighted by atomic mass is 32.1. The molecule has 1 aromatic heterocycles. The van der Waals surface area contributed by atoms with Crippen LogP contribution >= 0.6 is 11.3 Å². The molecule has 1 aliphatic rings. The highest BCUT2D eigenvalue weighted by Gasteiger charge is 2.20. The fourth-order valence-corrected chi connectivity index (χ4v) is 3.82. The molecular formula is C17H17NO2S. The highest BCUT2D eigenvalue weighted by molar-refractivity contribution is 7.10. The average Bonchev–Trinajstić information content (AvgIpc) is 2.91. The van der Waals surface area contributed by atoms with Gasteiger partial charge in [-0.05, 0) is 50.3 Å². The largest absolute Gasteiger partial charge is 0.322 e. The predicted octanol–water partition coefficient (Wildman–Crippen LogP) is 4.08. The van der Waals surface area contributed by atoms with Gasteiger partial charge in [-0.2, -0.15) is 0 Å². The minimum absolute atomic E-state index is 0.000915. The van der Waals surface area contributed by atoms with E-state index in [2.05, 4.69) is 5.32 Å². The minimum Gasteiger partial charge on any atom is -0.322 e. The van der Waals surface area contributed by atoms with Crippen molar-refractivity contribution in [3.63, 3.8) is 0 Å². The average molecular weight is 299 g/mol. The van der Waals surface area contributed by atoms with E-state index in [1.807, 2.05) is 11.4 Å². The molecule has 1 aliphatic carbocycles. The van der Waals surface area contributed by atoms with Crippen LogP contribution in [0.3, 0.4) is 0 Å². The van der Waals surface area contributed by atoms with Gasteiger partial charge in [-0.3, -0.25) is 9.59 Å². The van der Waals surface area contributed by atoms with E-state index in [-0.39, 0.29) is 11.7 Å². The Morgan fingerprint density at radius 3 is 2.81 bits per heavy atom. The first-order valence-corrected chi connectivity index (χ1v) is 8.04. The molecule has 1 N–H and O–H groups in total. The molecule has 2 aromatic rings. The van der Waals surface area contributed by atoms with Crippen LogP contribution in [0.15, 0.2) is 29.6 Å². The van der Waals surface area contributed by atoms with E-state index in [4.69, 9.17) is 0 Å². The Balaban J connectivity index is 1.82. The van der Waals surface area contributed by atoms with E-state index >= 15 is 0 Å². The molecule has 1 aromatic carbocycles. The van der Waals surface area contributed by atoms with Gasteiger partial charge in [-0.15, -0.1) is 11.3 Å². The third kappa shape index (κ3) is 2.90. The van der Waals surface area contributed by atoms with Gasteiger partial charge in [0.25, 0.3) is 5.91 Å². The second-order valence-corrected chi connectivity index (χ2v) is 6.31. The van der Waals surface area contributed by atoms with Crippen LogP contribution in [-0.2, 0) is 12.8 Å². The molecular weight excluding hydrogens is 282 g/mol. The molecule has 0 saturated heterocycles. The van der Waals surface area contributed by atoms with Gasteiger partial charge in [0.1, 0.15) is 0 Å². The van der Waals surface area contributed by atoms with Crippen LogP contribution in [0.4, 0.5) is 5.69 Å². The minimum atomic E-state index is -0.0740. The number of amides is 1. The number of ketones is 1. The zero-order chi connectivity index (χ0) is 14.8. The van der Waals surface area contributed by atoms with Crippen LogP contribution < -0.4 is 5.32 Å². The summed E-state index contributed by atoms with van der Waals surface area (Å²) in [5.74, 6) is -0.0749. The predicted molar refractivity (Wildman–Crippen MR) is 85.4 cm³/mol. The van der Waals surface area contributed by atoms with E-state index in [9.17, 15) is 9.59 Å². The maximum atomic E-state index is 12.4. The van der Waals surface area contributed by atoms with Crippen molar-refractivity contribution >= 4 is 28.7 Å². The zero-order valence-corrected chi connectivity index (χ0v) is 12.8. The third-order valence-electron chi connectivity index (χ3n) is 3.83. The number of fused-ring (bicyclic) bond motifs is 1. The fourth-order valence-electron chi connectivity index (χ4n) is 2.70. The summed E-state index contributed by atoms with van der Waals surface area (Å²) in [5.41, 5.74) is 3.29. The summed E-state index contributed by atoms with van der Waals surface area (Å²) in [5, 5.41) is 4.86. The van der Waals surface area contributed by atoms with E-state index in [0.29, 0.717) is 11.3 Å². The Morgan fingerprint density at radius 1 is 1.19 bits per heavy atom. The van der Waals surface area contributed by atoms with Gasteiger partial charge in [0, 0.05) is 21.5 Å². The molecule has 0 saturated carbocycles. The lowest BCUT2D eigenvalue weighted by Crippen LogP contribution is -2.14. The second-order valence-electron chi connectivity index (χ2n) is 5.35. The second kappa shape index (κ2) is 5.82. The summed E-state index contributed by atoms with van der Waals surface area (Å²) in [6.07, 6.45) is 4.46. The number of anilines is 1. The molecule has 4 heteroatoms. The topological polar surface area (TPSA) is 46.2 Å². The molecule has 0 radical (unpaired) electrons. The summed E-state index contributed by atoms with van der Waals surface area (Å²) in [4.78, 5) is 25.2. The van der Waals surface area contributed by atoms with Gasteiger partial charge in [0.2, 0.25) is 0 Å². The lowest BCUT2D eigenvalue weighted by molar-refractivity contribution is 0.101. The summed E-state index contributed by atoms with van der Waals surface area (Å²) < 4.78 is 0. The van der Waals surface area contributed by atoms with Crippen molar-refractivity contribution < 1.29 is 9.59 Å². The van der Waals surface area contributed by atoms with Crippen LogP contribution in [0, 0.1) is 0 Å². The van der Waals surface area contributed by atoms with Crippen molar-refractivity contribution in [1.29, 1.82) is 0 Å². The van der Waals surface area contributed by atoms with Crippen molar-refractivity contribution in [2.24, 2.45) is 0 Å². The Bertz CT molecular complexity index is 703. The first kappa shape index (κ1) is 14.0. The summed E-state index contributed by atoms with van der Waals surface area (Å²) >= 11 is 1.68. The van der Waals surface area contributed by atoms with Gasteiger partial charge < -0.3 is 5.32 Å². The normalized spacial score (nSPS) is 13.6. The molecule has 3 rings (SSSR count). The molecule has 0 unspecified atom stereocenters. The van der Waals surface area contributed by atoms with Crippen LogP contribution in [-0.4, -0.2) is 11.7 Å². The number of benzene rings is 1. The van der Waals surface area contributed by atoms with Crippen molar-refractivity contribution in [3.05, 3.63) is 51.2 Å². The monoisotopic (exact) mass is 299 g/mol. The van der Waals surface area contributed by atoms with Gasteiger partial charge in [0.05, 0.1) is 5.56 Å². The Labute approximate surface area is 128 Å². The maximum absolute atomic E-state index is 12.4. The molecule has 108 valence electrons. The smallest absolute Gasteiger partial charge is 0.256 e. The fraction of sp³-hybridized carbons (Fsp3) is 0.294. The number of hydrogen-bond acceptors (Lipinski definition) is 3. The number of hydrogen-bond donors (Lipinski definition) is 1. The molecule has 21 heavy (non-hydrogen) atoms. The zero-order valence-electron chi connectivity index (χ0n) is 11.9. The Hall–Kier alpha value is -1.94. The molecule has 1 amide bonds. The molecule has 0 atom stereocenters. The first-order valence-electron chi connectivity index (χ1n) is 7.17. The van der Waals surface area contributed by atoms with Crippen LogP contribution in [0.5, 0.6) is 0 Å². The number of carbonyl (C=O) groups excluding carboxylic acids is 2. The van der Waals surface area contributed by atoms with E-state index in [1.54, 1.807) is 29.5 Å². The number of thiophene rings is 1. The number of nitrogens with one attached hydrogen (secondary N) is 1. The van der Waals surface area contributed by atoms with Crippen LogP contribution in [0.2, 0.25) is 0 Å². The van der Waals surface area contributed by atoms with Crippen molar-refractivity contribution in [3.8, 4) is 0 Å². The lowest BCUT2D eigenvalue weighted by Gasteiger charge is -2.13. The van der Waals surface area contributed by atoms with Crippen molar-refractivity contribution in [1.82, 2.24) is 0 Å². The van der Waals surface area contributed by atoms with Gasteiger partial charge in [-0.1, -0.05) is 12.1 Å². The number of carbonyl (C=O) groups is 2. The van der Waals surface area contributed by atoms with E-state index < -0.39 is 0 Å². The third-order valence-corrected chi connectivity index (χ3v) is 4.92. The van der Waals surface area contributed by atoms with Gasteiger partial charge >= 0.3 is 0 Å².